The van der Waals surface area contributed by atoms with Crippen molar-refractivity contribution in [3.8, 4) is 0 Å². The second kappa shape index (κ2) is 6.20. The molecule has 1 aliphatic heterocycles. The van der Waals surface area contributed by atoms with Gasteiger partial charge in [0.15, 0.2) is 0 Å². The fourth-order valence-electron chi connectivity index (χ4n) is 4.01. The number of hydrogen-bond donors (Lipinski definition) is 1. The molecule has 0 bridgehead atoms. The summed E-state index contributed by atoms with van der Waals surface area (Å²) in [6.07, 6.45) is 8.95. The standard InChI is InChI=1S/C17H28N4/c1-3-6-15-19-16(18)12(2)17(20-15)21-10-9-13-7-4-5-8-14(13)11-21/h13-14H,3-11H2,1-2H3,(H2,18,19,20). The van der Waals surface area contributed by atoms with Crippen LogP contribution < -0.4 is 10.6 Å². The van der Waals surface area contributed by atoms with Gasteiger partial charge in [-0.05, 0) is 38.0 Å². The van der Waals surface area contributed by atoms with E-state index < -0.39 is 0 Å². The number of piperidine rings is 1. The molecule has 1 saturated heterocycles. The Morgan fingerprint density at radius 3 is 2.67 bits per heavy atom. The summed E-state index contributed by atoms with van der Waals surface area (Å²) in [6, 6.07) is 0. The van der Waals surface area contributed by atoms with Crippen molar-refractivity contribution < 1.29 is 0 Å². The molecule has 2 N–H and O–H groups in total. The molecule has 116 valence electrons. The molecule has 0 amide bonds. The maximum absolute atomic E-state index is 6.11. The van der Waals surface area contributed by atoms with Crippen LogP contribution in [0.25, 0.3) is 0 Å². The van der Waals surface area contributed by atoms with E-state index in [-0.39, 0.29) is 0 Å². The van der Waals surface area contributed by atoms with Gasteiger partial charge in [-0.2, -0.15) is 0 Å². The van der Waals surface area contributed by atoms with Gasteiger partial charge in [0.25, 0.3) is 0 Å². The van der Waals surface area contributed by atoms with Crippen LogP contribution in [0.4, 0.5) is 11.6 Å². The Balaban J connectivity index is 1.82. The van der Waals surface area contributed by atoms with Gasteiger partial charge in [0.1, 0.15) is 17.5 Å². The first-order valence-electron chi connectivity index (χ1n) is 8.57. The SMILES string of the molecule is CCCc1nc(N)c(C)c(N2CCC3CCCCC3C2)n1. The van der Waals surface area contributed by atoms with Crippen LogP contribution in [0.2, 0.25) is 0 Å². The molecular formula is C17H28N4. The van der Waals surface area contributed by atoms with Gasteiger partial charge in [0.05, 0.1) is 0 Å². The van der Waals surface area contributed by atoms with Crippen LogP contribution in [0.5, 0.6) is 0 Å². The second-order valence-electron chi connectivity index (χ2n) is 6.76. The molecule has 2 atom stereocenters. The Kier molecular flexibility index (Phi) is 4.32. The zero-order valence-corrected chi connectivity index (χ0v) is 13.4. The molecule has 3 rings (SSSR count). The largest absolute Gasteiger partial charge is 0.383 e. The molecule has 1 aliphatic carbocycles. The lowest BCUT2D eigenvalue weighted by Gasteiger charge is -2.42. The monoisotopic (exact) mass is 288 g/mol. The first kappa shape index (κ1) is 14.6. The third-order valence-electron chi connectivity index (χ3n) is 5.27. The number of rotatable bonds is 3. The van der Waals surface area contributed by atoms with E-state index in [0.29, 0.717) is 5.82 Å². The molecule has 0 spiro atoms. The number of aromatic nitrogens is 2. The van der Waals surface area contributed by atoms with E-state index >= 15 is 0 Å². The molecule has 2 fully saturated rings. The van der Waals surface area contributed by atoms with E-state index in [1.165, 1.54) is 32.1 Å². The van der Waals surface area contributed by atoms with Gasteiger partial charge in [0.2, 0.25) is 0 Å². The molecule has 2 heterocycles. The summed E-state index contributed by atoms with van der Waals surface area (Å²) >= 11 is 0. The van der Waals surface area contributed by atoms with Crippen molar-refractivity contribution >= 4 is 11.6 Å². The van der Waals surface area contributed by atoms with Crippen LogP contribution in [-0.2, 0) is 6.42 Å². The Bertz CT molecular complexity index is 500. The van der Waals surface area contributed by atoms with Gasteiger partial charge in [-0.1, -0.05) is 26.2 Å². The molecule has 4 heteroatoms. The first-order valence-corrected chi connectivity index (χ1v) is 8.57. The van der Waals surface area contributed by atoms with Crippen molar-refractivity contribution in [2.24, 2.45) is 11.8 Å². The highest BCUT2D eigenvalue weighted by molar-refractivity contribution is 5.56. The molecule has 2 unspecified atom stereocenters. The van der Waals surface area contributed by atoms with Gasteiger partial charge in [0, 0.05) is 25.1 Å². The smallest absolute Gasteiger partial charge is 0.137 e. The van der Waals surface area contributed by atoms with Crippen LogP contribution >= 0.6 is 0 Å². The number of nitrogens with two attached hydrogens (primary N) is 1. The van der Waals surface area contributed by atoms with Gasteiger partial charge in [-0.15, -0.1) is 0 Å². The lowest BCUT2D eigenvalue weighted by atomic mass is 9.75. The fourth-order valence-corrected chi connectivity index (χ4v) is 4.01. The van der Waals surface area contributed by atoms with E-state index in [0.717, 1.165) is 55.0 Å². The van der Waals surface area contributed by atoms with Crippen LogP contribution in [0.15, 0.2) is 0 Å². The summed E-state index contributed by atoms with van der Waals surface area (Å²) in [5.74, 6) is 4.47. The summed E-state index contributed by atoms with van der Waals surface area (Å²) in [5, 5.41) is 0. The van der Waals surface area contributed by atoms with Crippen molar-refractivity contribution in [3.05, 3.63) is 11.4 Å². The molecule has 4 nitrogen and oxygen atoms in total. The molecule has 0 aromatic carbocycles. The van der Waals surface area contributed by atoms with E-state index in [2.05, 4.69) is 23.7 Å². The molecule has 21 heavy (non-hydrogen) atoms. The molecule has 1 aromatic heterocycles. The van der Waals surface area contributed by atoms with Crippen molar-refractivity contribution in [1.29, 1.82) is 0 Å². The molecular weight excluding hydrogens is 260 g/mol. The van der Waals surface area contributed by atoms with Crippen molar-refractivity contribution in [1.82, 2.24) is 9.97 Å². The van der Waals surface area contributed by atoms with Gasteiger partial charge in [-0.25, -0.2) is 9.97 Å². The minimum atomic E-state index is 0.661. The van der Waals surface area contributed by atoms with E-state index in [4.69, 9.17) is 10.7 Å². The quantitative estimate of drug-likeness (QED) is 0.927. The summed E-state index contributed by atoms with van der Waals surface area (Å²) in [4.78, 5) is 11.7. The van der Waals surface area contributed by atoms with E-state index in [1.54, 1.807) is 0 Å². The number of aryl methyl sites for hydroxylation is 1. The van der Waals surface area contributed by atoms with Gasteiger partial charge < -0.3 is 10.6 Å². The average Bonchev–Trinajstić information content (AvgIpc) is 2.50. The molecule has 0 radical (unpaired) electrons. The Morgan fingerprint density at radius 2 is 1.90 bits per heavy atom. The maximum Gasteiger partial charge on any atom is 0.137 e. The average molecular weight is 288 g/mol. The highest BCUT2D eigenvalue weighted by Crippen LogP contribution is 2.38. The fraction of sp³-hybridized carbons (Fsp3) is 0.765. The number of nitrogen functional groups attached to an aromatic ring is 1. The number of fused-ring (bicyclic) bond motifs is 1. The summed E-state index contributed by atoms with van der Waals surface area (Å²) in [6.45, 7) is 6.51. The van der Waals surface area contributed by atoms with Crippen LogP contribution in [-0.4, -0.2) is 23.1 Å². The minimum Gasteiger partial charge on any atom is -0.383 e. The lowest BCUT2D eigenvalue weighted by molar-refractivity contribution is 0.202. The number of hydrogen-bond acceptors (Lipinski definition) is 4. The molecule has 1 saturated carbocycles. The lowest BCUT2D eigenvalue weighted by Crippen LogP contribution is -2.42. The number of nitrogens with zero attached hydrogens (tertiary/aromatic N) is 3. The van der Waals surface area contributed by atoms with Crippen LogP contribution in [0.3, 0.4) is 0 Å². The minimum absolute atomic E-state index is 0.661. The summed E-state index contributed by atoms with van der Waals surface area (Å²) in [7, 11) is 0. The highest BCUT2D eigenvalue weighted by Gasteiger charge is 2.32. The Hall–Kier alpha value is -1.32. The zero-order chi connectivity index (χ0) is 14.8. The summed E-state index contributed by atoms with van der Waals surface area (Å²) < 4.78 is 0. The maximum atomic E-state index is 6.11. The summed E-state index contributed by atoms with van der Waals surface area (Å²) in [5.41, 5.74) is 7.17. The first-order chi connectivity index (χ1) is 10.2. The van der Waals surface area contributed by atoms with Crippen LogP contribution in [0, 0.1) is 18.8 Å². The number of anilines is 2. The van der Waals surface area contributed by atoms with Gasteiger partial charge in [-0.3, -0.25) is 0 Å². The van der Waals surface area contributed by atoms with Crippen LogP contribution in [0.1, 0.15) is 56.8 Å². The predicted octanol–water partition coefficient (Wildman–Crippen LogP) is 3.34. The predicted molar refractivity (Wildman–Crippen MR) is 87.5 cm³/mol. The highest BCUT2D eigenvalue weighted by atomic mass is 15.2. The molecule has 1 aromatic rings. The normalized spacial score (nSPS) is 25.7. The zero-order valence-electron chi connectivity index (χ0n) is 13.4. The van der Waals surface area contributed by atoms with Crippen molar-refractivity contribution in [2.75, 3.05) is 23.7 Å². The van der Waals surface area contributed by atoms with Gasteiger partial charge >= 0.3 is 0 Å². The van der Waals surface area contributed by atoms with Crippen molar-refractivity contribution in [2.45, 2.75) is 58.8 Å². The molecule has 2 aliphatic rings. The third kappa shape index (κ3) is 2.99. The Morgan fingerprint density at radius 1 is 1.14 bits per heavy atom. The Labute approximate surface area is 128 Å². The van der Waals surface area contributed by atoms with E-state index in [9.17, 15) is 0 Å². The topological polar surface area (TPSA) is 55.0 Å². The third-order valence-corrected chi connectivity index (χ3v) is 5.27. The van der Waals surface area contributed by atoms with E-state index in [1.807, 2.05) is 0 Å². The van der Waals surface area contributed by atoms with Crippen molar-refractivity contribution in [3.63, 3.8) is 0 Å². The second-order valence-corrected chi connectivity index (χ2v) is 6.76.